The summed E-state index contributed by atoms with van der Waals surface area (Å²) in [5, 5.41) is 2.95. The van der Waals surface area contributed by atoms with E-state index in [1.807, 2.05) is 24.3 Å². The first-order chi connectivity index (χ1) is 9.29. The molecule has 4 heteroatoms. The van der Waals surface area contributed by atoms with Crippen LogP contribution in [0.3, 0.4) is 0 Å². The Morgan fingerprint density at radius 2 is 1.85 bits per heavy atom. The van der Waals surface area contributed by atoms with E-state index in [0.717, 1.165) is 24.9 Å². The predicted molar refractivity (Wildman–Crippen MR) is 83.7 cm³/mol. The molecule has 0 saturated carbocycles. The van der Waals surface area contributed by atoms with Crippen LogP contribution in [0.4, 0.5) is 0 Å². The number of sulfone groups is 1. The minimum Gasteiger partial charge on any atom is -0.315 e. The normalized spacial score (nSPS) is 20.9. The fraction of sp³-hybridized carbons (Fsp3) is 0.625. The predicted octanol–water partition coefficient (Wildman–Crippen LogP) is 2.65. The number of hydrogen-bond donors (Lipinski definition) is 1. The molecule has 3 nitrogen and oxygen atoms in total. The zero-order valence-electron chi connectivity index (χ0n) is 12.6. The molecule has 0 aliphatic carbocycles. The molecular weight excluding hydrogens is 270 g/mol. The summed E-state index contributed by atoms with van der Waals surface area (Å²) in [6.07, 6.45) is 1.74. The van der Waals surface area contributed by atoms with E-state index in [1.165, 1.54) is 5.56 Å². The van der Waals surface area contributed by atoms with Crippen molar-refractivity contribution in [2.75, 3.05) is 13.1 Å². The molecule has 2 rings (SSSR count). The molecule has 1 unspecified atom stereocenters. The van der Waals surface area contributed by atoms with Crippen LogP contribution in [0.1, 0.15) is 44.7 Å². The second-order valence-corrected chi connectivity index (χ2v) is 9.00. The van der Waals surface area contributed by atoms with E-state index in [9.17, 15) is 8.42 Å². The summed E-state index contributed by atoms with van der Waals surface area (Å²) < 4.78 is 24.8. The Kier molecular flexibility index (Phi) is 4.55. The van der Waals surface area contributed by atoms with Crippen molar-refractivity contribution in [1.29, 1.82) is 0 Å². The van der Waals surface area contributed by atoms with Gasteiger partial charge in [0, 0.05) is 6.54 Å². The highest BCUT2D eigenvalue weighted by atomic mass is 32.2. The Bertz CT molecular complexity index is 535. The maximum Gasteiger partial charge on any atom is 0.158 e. The lowest BCUT2D eigenvalue weighted by Gasteiger charge is -2.23. The van der Waals surface area contributed by atoms with Crippen molar-refractivity contribution >= 4 is 9.84 Å². The van der Waals surface area contributed by atoms with Crippen LogP contribution in [-0.4, -0.2) is 26.8 Å². The maximum absolute atomic E-state index is 12.4. The van der Waals surface area contributed by atoms with Gasteiger partial charge in [0.15, 0.2) is 9.84 Å². The van der Waals surface area contributed by atoms with Crippen molar-refractivity contribution in [3.8, 4) is 0 Å². The molecular formula is C16H25NO2S. The summed E-state index contributed by atoms with van der Waals surface area (Å²) in [5.41, 5.74) is 2.23. The third kappa shape index (κ3) is 3.83. The molecule has 1 aromatic rings. The molecule has 1 aliphatic heterocycles. The van der Waals surface area contributed by atoms with Gasteiger partial charge in [-0.05, 0) is 35.9 Å². The van der Waals surface area contributed by atoms with Crippen molar-refractivity contribution in [2.24, 2.45) is 0 Å². The molecule has 20 heavy (non-hydrogen) atoms. The van der Waals surface area contributed by atoms with E-state index in [0.29, 0.717) is 6.54 Å². The van der Waals surface area contributed by atoms with Crippen LogP contribution >= 0.6 is 0 Å². The zero-order valence-corrected chi connectivity index (χ0v) is 13.5. The molecule has 1 aliphatic rings. The summed E-state index contributed by atoms with van der Waals surface area (Å²) in [6, 6.07) is 8.00. The van der Waals surface area contributed by atoms with E-state index in [1.54, 1.807) is 0 Å². The van der Waals surface area contributed by atoms with Gasteiger partial charge in [-0.15, -0.1) is 0 Å². The van der Waals surface area contributed by atoms with Gasteiger partial charge in [-0.2, -0.15) is 0 Å². The van der Waals surface area contributed by atoms with Gasteiger partial charge in [0.1, 0.15) is 0 Å². The summed E-state index contributed by atoms with van der Waals surface area (Å²) in [4.78, 5) is 0. The Morgan fingerprint density at radius 1 is 1.20 bits per heavy atom. The Morgan fingerprint density at radius 3 is 2.35 bits per heavy atom. The van der Waals surface area contributed by atoms with Gasteiger partial charge in [0.2, 0.25) is 0 Å². The standard InChI is InChI=1S/C16H25NO2S/c1-16(2,3)14-8-6-13(7-9-14)12-20(18,19)15-5-4-10-17-11-15/h6-9,15,17H,4-5,10-12H2,1-3H3. The van der Waals surface area contributed by atoms with Gasteiger partial charge < -0.3 is 5.32 Å². The van der Waals surface area contributed by atoms with Crippen LogP contribution in [0.25, 0.3) is 0 Å². The number of hydrogen-bond acceptors (Lipinski definition) is 3. The summed E-state index contributed by atoms with van der Waals surface area (Å²) >= 11 is 0. The smallest absolute Gasteiger partial charge is 0.158 e. The molecule has 1 fully saturated rings. The second kappa shape index (κ2) is 5.86. The highest BCUT2D eigenvalue weighted by molar-refractivity contribution is 7.91. The molecule has 0 amide bonds. The molecule has 0 radical (unpaired) electrons. The maximum atomic E-state index is 12.4. The molecule has 1 N–H and O–H groups in total. The van der Waals surface area contributed by atoms with Crippen LogP contribution in [-0.2, 0) is 21.0 Å². The van der Waals surface area contributed by atoms with Crippen molar-refractivity contribution in [3.05, 3.63) is 35.4 Å². The molecule has 112 valence electrons. The fourth-order valence-corrected chi connectivity index (χ4v) is 4.37. The van der Waals surface area contributed by atoms with E-state index in [-0.39, 0.29) is 16.4 Å². The Labute approximate surface area is 122 Å². The fourth-order valence-electron chi connectivity index (χ4n) is 2.58. The Balaban J connectivity index is 2.09. The van der Waals surface area contributed by atoms with Gasteiger partial charge >= 0.3 is 0 Å². The molecule has 0 spiro atoms. The SMILES string of the molecule is CC(C)(C)c1ccc(CS(=O)(=O)C2CCCNC2)cc1. The van der Waals surface area contributed by atoms with E-state index >= 15 is 0 Å². The average Bonchev–Trinajstić information content (AvgIpc) is 2.39. The number of rotatable bonds is 3. The van der Waals surface area contributed by atoms with Gasteiger partial charge in [-0.3, -0.25) is 0 Å². The monoisotopic (exact) mass is 295 g/mol. The molecule has 0 bridgehead atoms. The number of benzene rings is 1. The van der Waals surface area contributed by atoms with Gasteiger partial charge in [0.05, 0.1) is 11.0 Å². The minimum absolute atomic E-state index is 0.102. The number of nitrogens with one attached hydrogen (secondary N) is 1. The average molecular weight is 295 g/mol. The van der Waals surface area contributed by atoms with E-state index < -0.39 is 9.84 Å². The topological polar surface area (TPSA) is 46.2 Å². The second-order valence-electron chi connectivity index (χ2n) is 6.72. The van der Waals surface area contributed by atoms with Crippen LogP contribution in [0.5, 0.6) is 0 Å². The summed E-state index contributed by atoms with van der Waals surface area (Å²) in [7, 11) is -3.05. The Hall–Kier alpha value is -0.870. The highest BCUT2D eigenvalue weighted by Gasteiger charge is 2.27. The van der Waals surface area contributed by atoms with Crippen molar-refractivity contribution in [3.63, 3.8) is 0 Å². The van der Waals surface area contributed by atoms with Crippen molar-refractivity contribution in [2.45, 2.75) is 50.0 Å². The molecule has 1 saturated heterocycles. The lowest BCUT2D eigenvalue weighted by Crippen LogP contribution is -2.39. The molecule has 1 atom stereocenters. The van der Waals surface area contributed by atoms with Crippen molar-refractivity contribution < 1.29 is 8.42 Å². The van der Waals surface area contributed by atoms with Gasteiger partial charge in [-0.25, -0.2) is 8.42 Å². The van der Waals surface area contributed by atoms with Gasteiger partial charge in [0.25, 0.3) is 0 Å². The van der Waals surface area contributed by atoms with Crippen LogP contribution in [0, 0.1) is 0 Å². The van der Waals surface area contributed by atoms with Gasteiger partial charge in [-0.1, -0.05) is 45.0 Å². The first kappa shape index (κ1) is 15.5. The minimum atomic E-state index is -3.05. The van der Waals surface area contributed by atoms with E-state index in [2.05, 4.69) is 26.1 Å². The molecule has 1 aromatic carbocycles. The largest absolute Gasteiger partial charge is 0.315 e. The number of piperidine rings is 1. The van der Waals surface area contributed by atoms with Crippen LogP contribution in [0.2, 0.25) is 0 Å². The molecule has 0 aromatic heterocycles. The first-order valence-corrected chi connectivity index (χ1v) is 9.02. The zero-order chi connectivity index (χ0) is 14.8. The van der Waals surface area contributed by atoms with Crippen LogP contribution < -0.4 is 5.32 Å². The highest BCUT2D eigenvalue weighted by Crippen LogP contribution is 2.23. The lowest BCUT2D eigenvalue weighted by molar-refractivity contribution is 0.496. The van der Waals surface area contributed by atoms with Crippen molar-refractivity contribution in [1.82, 2.24) is 5.32 Å². The summed E-state index contributed by atoms with van der Waals surface area (Å²) in [6.45, 7) is 8.01. The third-order valence-electron chi connectivity index (χ3n) is 3.95. The summed E-state index contributed by atoms with van der Waals surface area (Å²) in [5.74, 6) is 0.157. The first-order valence-electron chi connectivity index (χ1n) is 7.31. The third-order valence-corrected chi connectivity index (χ3v) is 6.10. The quantitative estimate of drug-likeness (QED) is 0.932. The van der Waals surface area contributed by atoms with E-state index in [4.69, 9.17) is 0 Å². The van der Waals surface area contributed by atoms with Crippen LogP contribution in [0.15, 0.2) is 24.3 Å². The molecule has 1 heterocycles. The lowest BCUT2D eigenvalue weighted by atomic mass is 9.87.